The number of benzene rings is 1. The first kappa shape index (κ1) is 17.2. The lowest BCUT2D eigenvalue weighted by atomic mass is 10.1. The molecule has 1 saturated heterocycles. The maximum absolute atomic E-state index is 12.4. The van der Waals surface area contributed by atoms with E-state index in [9.17, 15) is 4.79 Å². The predicted octanol–water partition coefficient (Wildman–Crippen LogP) is 3.31. The zero-order valence-corrected chi connectivity index (χ0v) is 15.9. The molecule has 0 aliphatic carbocycles. The van der Waals surface area contributed by atoms with E-state index in [1.54, 1.807) is 23.1 Å². The second-order valence-corrected chi connectivity index (χ2v) is 8.16. The number of carbonyl (C=O) groups is 1. The van der Waals surface area contributed by atoms with Crippen LogP contribution in [-0.4, -0.2) is 44.1 Å². The summed E-state index contributed by atoms with van der Waals surface area (Å²) < 4.78 is 1.82. The third kappa shape index (κ3) is 3.96. The van der Waals surface area contributed by atoms with Crippen LogP contribution in [0.3, 0.4) is 0 Å². The van der Waals surface area contributed by atoms with Gasteiger partial charge in [-0.3, -0.25) is 4.79 Å². The molecule has 8 heteroatoms. The molecular formula is C18H19N5OS2. The summed E-state index contributed by atoms with van der Waals surface area (Å²) >= 11 is 3.30. The van der Waals surface area contributed by atoms with Gasteiger partial charge in [0.1, 0.15) is 0 Å². The molecule has 1 amide bonds. The molecule has 0 atom stereocenters. The van der Waals surface area contributed by atoms with Crippen molar-refractivity contribution in [2.75, 3.05) is 13.1 Å². The lowest BCUT2D eigenvalue weighted by molar-refractivity contribution is 0.0793. The van der Waals surface area contributed by atoms with E-state index in [0.29, 0.717) is 6.54 Å². The summed E-state index contributed by atoms with van der Waals surface area (Å²) in [5.41, 5.74) is 1.92. The molecule has 6 nitrogen and oxygen atoms in total. The summed E-state index contributed by atoms with van der Waals surface area (Å²) in [5.74, 6) is 0.907. The number of likely N-dealkylation sites (tertiary alicyclic amines) is 1. The van der Waals surface area contributed by atoms with Gasteiger partial charge in [0.05, 0.1) is 6.54 Å². The number of nitrogens with zero attached hydrogens (tertiary/aromatic N) is 5. The SMILES string of the molecule is O=C(c1ccc(CSc2nnnn2Cc2cccs2)cc1)N1CCCC1. The van der Waals surface area contributed by atoms with Crippen LogP contribution >= 0.6 is 23.1 Å². The molecule has 134 valence electrons. The second-order valence-electron chi connectivity index (χ2n) is 6.18. The van der Waals surface area contributed by atoms with E-state index >= 15 is 0 Å². The fraction of sp³-hybridized carbons (Fsp3) is 0.333. The first-order valence-electron chi connectivity index (χ1n) is 8.59. The standard InChI is InChI=1S/C18H19N5OS2/c24-17(22-9-1-2-10-22)15-7-5-14(6-8-15)13-26-18-19-20-21-23(18)12-16-4-3-11-25-16/h3-8,11H,1-2,9-10,12-13H2. The van der Waals surface area contributed by atoms with Crippen LogP contribution in [0.2, 0.25) is 0 Å². The highest BCUT2D eigenvalue weighted by Gasteiger charge is 2.19. The van der Waals surface area contributed by atoms with Gasteiger partial charge in [-0.05, 0) is 52.4 Å². The fourth-order valence-corrected chi connectivity index (χ4v) is 4.46. The van der Waals surface area contributed by atoms with E-state index in [1.807, 2.05) is 39.9 Å². The Morgan fingerprint density at radius 2 is 1.96 bits per heavy atom. The number of rotatable bonds is 6. The number of thioether (sulfide) groups is 1. The van der Waals surface area contributed by atoms with Crippen molar-refractivity contribution in [3.05, 3.63) is 57.8 Å². The van der Waals surface area contributed by atoms with Gasteiger partial charge in [-0.2, -0.15) is 0 Å². The van der Waals surface area contributed by atoms with Crippen LogP contribution in [0.4, 0.5) is 0 Å². The van der Waals surface area contributed by atoms with E-state index in [-0.39, 0.29) is 5.91 Å². The number of amides is 1. The van der Waals surface area contributed by atoms with Crippen LogP contribution in [0.1, 0.15) is 33.6 Å². The minimum atomic E-state index is 0.140. The molecule has 1 aromatic carbocycles. The van der Waals surface area contributed by atoms with Crippen molar-refractivity contribution in [1.82, 2.24) is 25.1 Å². The number of thiophene rings is 1. The van der Waals surface area contributed by atoms with Crippen LogP contribution in [0, 0.1) is 0 Å². The van der Waals surface area contributed by atoms with Gasteiger partial charge in [0.15, 0.2) is 0 Å². The number of aromatic nitrogens is 4. The second kappa shape index (κ2) is 8.01. The maximum Gasteiger partial charge on any atom is 0.253 e. The lowest BCUT2D eigenvalue weighted by Gasteiger charge is -2.15. The van der Waals surface area contributed by atoms with E-state index in [0.717, 1.165) is 48.0 Å². The van der Waals surface area contributed by atoms with Gasteiger partial charge in [-0.25, -0.2) is 4.68 Å². The van der Waals surface area contributed by atoms with Gasteiger partial charge in [-0.1, -0.05) is 30.0 Å². The van der Waals surface area contributed by atoms with Gasteiger partial charge in [-0.15, -0.1) is 16.4 Å². The molecule has 3 aromatic rings. The van der Waals surface area contributed by atoms with Crippen molar-refractivity contribution in [1.29, 1.82) is 0 Å². The summed E-state index contributed by atoms with van der Waals surface area (Å²) in [5, 5.41) is 14.8. The molecule has 0 N–H and O–H groups in total. The van der Waals surface area contributed by atoms with Crippen LogP contribution in [0.15, 0.2) is 46.9 Å². The highest BCUT2D eigenvalue weighted by atomic mass is 32.2. The summed E-state index contributed by atoms with van der Waals surface area (Å²) in [7, 11) is 0. The van der Waals surface area contributed by atoms with Gasteiger partial charge in [0, 0.05) is 29.3 Å². The van der Waals surface area contributed by atoms with E-state index in [1.165, 1.54) is 4.88 Å². The minimum Gasteiger partial charge on any atom is -0.339 e. The van der Waals surface area contributed by atoms with Crippen LogP contribution < -0.4 is 0 Å². The monoisotopic (exact) mass is 385 g/mol. The van der Waals surface area contributed by atoms with Gasteiger partial charge in [0.25, 0.3) is 5.91 Å². The third-order valence-corrected chi connectivity index (χ3v) is 6.24. The molecule has 2 aromatic heterocycles. The highest BCUT2D eigenvalue weighted by Crippen LogP contribution is 2.22. The van der Waals surface area contributed by atoms with Crippen LogP contribution in [-0.2, 0) is 12.3 Å². The molecule has 0 radical (unpaired) electrons. The number of hydrogen-bond donors (Lipinski definition) is 0. The van der Waals surface area contributed by atoms with E-state index in [2.05, 4.69) is 27.0 Å². The lowest BCUT2D eigenvalue weighted by Crippen LogP contribution is -2.27. The first-order valence-corrected chi connectivity index (χ1v) is 10.5. The Balaban J connectivity index is 1.36. The Bertz CT molecular complexity index is 854. The Morgan fingerprint density at radius 3 is 2.69 bits per heavy atom. The normalized spacial score (nSPS) is 14.1. The number of carbonyl (C=O) groups excluding carboxylic acids is 1. The molecule has 3 heterocycles. The highest BCUT2D eigenvalue weighted by molar-refractivity contribution is 7.98. The summed E-state index contributed by atoms with van der Waals surface area (Å²) in [4.78, 5) is 15.5. The topological polar surface area (TPSA) is 63.9 Å². The molecule has 0 spiro atoms. The third-order valence-electron chi connectivity index (χ3n) is 4.35. The molecule has 1 fully saturated rings. The van der Waals surface area contributed by atoms with Crippen molar-refractivity contribution >= 4 is 29.0 Å². The van der Waals surface area contributed by atoms with Gasteiger partial charge in [0.2, 0.25) is 5.16 Å². The molecule has 26 heavy (non-hydrogen) atoms. The molecule has 0 bridgehead atoms. The zero-order valence-electron chi connectivity index (χ0n) is 14.2. The summed E-state index contributed by atoms with van der Waals surface area (Å²) in [6.45, 7) is 2.45. The van der Waals surface area contributed by atoms with Crippen LogP contribution in [0.5, 0.6) is 0 Å². The van der Waals surface area contributed by atoms with Crippen molar-refractivity contribution in [3.63, 3.8) is 0 Å². The molecule has 1 aliphatic heterocycles. The van der Waals surface area contributed by atoms with Crippen molar-refractivity contribution < 1.29 is 4.79 Å². The van der Waals surface area contributed by atoms with Crippen molar-refractivity contribution in [2.45, 2.75) is 30.3 Å². The average Bonchev–Trinajstić information content (AvgIpc) is 3.43. The van der Waals surface area contributed by atoms with E-state index in [4.69, 9.17) is 0 Å². The van der Waals surface area contributed by atoms with Crippen molar-refractivity contribution in [2.24, 2.45) is 0 Å². The molecular weight excluding hydrogens is 366 g/mol. The first-order chi connectivity index (χ1) is 12.8. The molecule has 1 aliphatic rings. The van der Waals surface area contributed by atoms with Gasteiger partial charge >= 0.3 is 0 Å². The Hall–Kier alpha value is -2.19. The number of tetrazole rings is 1. The van der Waals surface area contributed by atoms with Crippen molar-refractivity contribution in [3.8, 4) is 0 Å². The predicted molar refractivity (Wildman–Crippen MR) is 102 cm³/mol. The minimum absolute atomic E-state index is 0.140. The molecule has 0 unspecified atom stereocenters. The Kier molecular flexibility index (Phi) is 5.31. The maximum atomic E-state index is 12.4. The zero-order chi connectivity index (χ0) is 17.8. The molecule has 0 saturated carbocycles. The summed E-state index contributed by atoms with van der Waals surface area (Å²) in [6.07, 6.45) is 2.22. The smallest absolute Gasteiger partial charge is 0.253 e. The Labute approximate surface area is 160 Å². The largest absolute Gasteiger partial charge is 0.339 e. The Morgan fingerprint density at radius 1 is 1.15 bits per heavy atom. The fourth-order valence-electron chi connectivity index (χ4n) is 2.94. The van der Waals surface area contributed by atoms with Crippen LogP contribution in [0.25, 0.3) is 0 Å². The average molecular weight is 386 g/mol. The number of hydrogen-bond acceptors (Lipinski definition) is 6. The quantitative estimate of drug-likeness (QED) is 0.609. The summed E-state index contributed by atoms with van der Waals surface area (Å²) in [6, 6.07) is 12.0. The van der Waals surface area contributed by atoms with E-state index < -0.39 is 0 Å². The van der Waals surface area contributed by atoms with Gasteiger partial charge < -0.3 is 4.90 Å². The molecule has 4 rings (SSSR count).